The van der Waals surface area contributed by atoms with E-state index in [1.54, 1.807) is 0 Å². The molecule has 3 saturated carbocycles. The molecule has 0 unspecified atom stereocenters. The molecule has 5 rings (SSSR count). The second kappa shape index (κ2) is 9.64. The van der Waals surface area contributed by atoms with Gasteiger partial charge in [-0.1, -0.05) is 39.3 Å². The molecule has 204 valence electrons. The molecular formula is C31H45NO5. The molecule has 6 nitrogen and oxygen atoms in total. The van der Waals surface area contributed by atoms with Crippen molar-refractivity contribution in [1.29, 1.82) is 0 Å². The second-order valence-corrected chi connectivity index (χ2v) is 13.4. The molecule has 0 aromatic heterocycles. The first-order valence-electron chi connectivity index (χ1n) is 14.6. The first-order chi connectivity index (χ1) is 17.4. The Morgan fingerprint density at radius 1 is 1.05 bits per heavy atom. The molecule has 0 N–H and O–H groups in total. The number of rotatable bonds is 4. The number of carbonyl (C=O) groups is 3. The zero-order valence-corrected chi connectivity index (χ0v) is 23.5. The number of ether oxygens (including phenoxy) is 2. The summed E-state index contributed by atoms with van der Waals surface area (Å²) in [6.45, 7) is 12.8. The molecule has 4 aliphatic carbocycles. The molecule has 0 spiro atoms. The molecule has 6 heteroatoms. The van der Waals surface area contributed by atoms with Gasteiger partial charge in [0.15, 0.2) is 5.78 Å². The lowest BCUT2D eigenvalue weighted by Gasteiger charge is -2.58. The molecule has 0 aromatic carbocycles. The lowest BCUT2D eigenvalue weighted by Crippen LogP contribution is -2.52. The van der Waals surface area contributed by atoms with Crippen molar-refractivity contribution in [3.63, 3.8) is 0 Å². The second-order valence-electron chi connectivity index (χ2n) is 13.4. The minimum Gasteiger partial charge on any atom is -0.462 e. The highest BCUT2D eigenvalue weighted by Crippen LogP contribution is 2.67. The number of carbonyl (C=O) groups excluding carboxylic acids is 3. The van der Waals surface area contributed by atoms with Gasteiger partial charge in [-0.05, 0) is 73.0 Å². The van der Waals surface area contributed by atoms with Gasteiger partial charge in [0.05, 0.1) is 5.71 Å². The van der Waals surface area contributed by atoms with Crippen LogP contribution in [0.5, 0.6) is 0 Å². The van der Waals surface area contributed by atoms with E-state index in [2.05, 4.69) is 33.8 Å². The van der Waals surface area contributed by atoms with Gasteiger partial charge in [-0.2, -0.15) is 0 Å². The van der Waals surface area contributed by atoms with Crippen LogP contribution in [0.1, 0.15) is 92.9 Å². The predicted molar refractivity (Wildman–Crippen MR) is 142 cm³/mol. The minimum absolute atomic E-state index is 0.00318. The van der Waals surface area contributed by atoms with Gasteiger partial charge in [-0.3, -0.25) is 19.4 Å². The van der Waals surface area contributed by atoms with Gasteiger partial charge in [0.2, 0.25) is 0 Å². The van der Waals surface area contributed by atoms with Crippen LogP contribution in [0.4, 0.5) is 0 Å². The molecule has 0 amide bonds. The average Bonchev–Trinajstić information content (AvgIpc) is 3.09. The maximum Gasteiger partial charge on any atom is 0.302 e. The zero-order chi connectivity index (χ0) is 26.7. The van der Waals surface area contributed by atoms with Crippen molar-refractivity contribution in [3.05, 3.63) is 11.6 Å². The van der Waals surface area contributed by atoms with Crippen molar-refractivity contribution >= 4 is 23.4 Å². The first kappa shape index (κ1) is 26.6. The average molecular weight is 512 g/mol. The van der Waals surface area contributed by atoms with Crippen molar-refractivity contribution in [2.75, 3.05) is 6.54 Å². The topological polar surface area (TPSA) is 82.0 Å². The minimum atomic E-state index is -0.229. The van der Waals surface area contributed by atoms with Gasteiger partial charge in [0, 0.05) is 45.1 Å². The van der Waals surface area contributed by atoms with Crippen molar-refractivity contribution in [3.8, 4) is 0 Å². The number of hydrogen-bond donors (Lipinski definition) is 0. The number of hydrogen-bond acceptors (Lipinski definition) is 6. The fraction of sp³-hybridized carbons (Fsp3) is 0.806. The molecule has 1 heterocycles. The SMILES string of the molecule is CC(=O)O[C@H]1CC[C@@]2(C)C(=CC[C@H]3[C@@H]4C[C@H](OC(C)=O)[C@H]([C@H](C)C5=NC[C@H](C)CC5=O)[C@@]4(C)CC[C@@H]32)C1. The van der Waals surface area contributed by atoms with E-state index in [0.29, 0.717) is 36.6 Å². The number of nitrogens with zero attached hydrogens (tertiary/aromatic N) is 1. The van der Waals surface area contributed by atoms with Gasteiger partial charge in [0.25, 0.3) is 0 Å². The van der Waals surface area contributed by atoms with Crippen LogP contribution < -0.4 is 0 Å². The Kier molecular flexibility index (Phi) is 6.94. The monoisotopic (exact) mass is 511 g/mol. The molecular weight excluding hydrogens is 466 g/mol. The normalized spacial score (nSPS) is 43.9. The Labute approximate surface area is 222 Å². The first-order valence-corrected chi connectivity index (χ1v) is 14.6. The highest BCUT2D eigenvalue weighted by molar-refractivity contribution is 6.41. The third-order valence-electron chi connectivity index (χ3n) is 11.2. The zero-order valence-electron chi connectivity index (χ0n) is 23.5. The van der Waals surface area contributed by atoms with Crippen molar-refractivity contribution in [1.82, 2.24) is 0 Å². The Hall–Kier alpha value is -1.98. The summed E-state index contributed by atoms with van der Waals surface area (Å²) < 4.78 is 11.6. The molecule has 0 bridgehead atoms. The van der Waals surface area contributed by atoms with Crippen LogP contribution in [0.2, 0.25) is 0 Å². The summed E-state index contributed by atoms with van der Waals surface area (Å²) in [5, 5.41) is 0. The van der Waals surface area contributed by atoms with Crippen LogP contribution in [0.25, 0.3) is 0 Å². The van der Waals surface area contributed by atoms with E-state index in [1.165, 1.54) is 19.4 Å². The van der Waals surface area contributed by atoms with Crippen molar-refractivity contribution in [2.24, 2.45) is 51.3 Å². The van der Waals surface area contributed by atoms with Crippen LogP contribution in [0, 0.1) is 46.3 Å². The fourth-order valence-corrected chi connectivity index (χ4v) is 9.61. The van der Waals surface area contributed by atoms with Crippen molar-refractivity contribution in [2.45, 2.75) is 105 Å². The third-order valence-corrected chi connectivity index (χ3v) is 11.2. The summed E-state index contributed by atoms with van der Waals surface area (Å²) in [7, 11) is 0. The molecule has 0 radical (unpaired) electrons. The van der Waals surface area contributed by atoms with E-state index < -0.39 is 0 Å². The van der Waals surface area contributed by atoms with Crippen LogP contribution in [-0.2, 0) is 23.9 Å². The van der Waals surface area contributed by atoms with E-state index in [4.69, 9.17) is 14.5 Å². The molecule has 0 saturated heterocycles. The van der Waals surface area contributed by atoms with Gasteiger partial charge in [0.1, 0.15) is 12.2 Å². The van der Waals surface area contributed by atoms with E-state index >= 15 is 0 Å². The summed E-state index contributed by atoms with van der Waals surface area (Å²) in [4.78, 5) is 41.6. The van der Waals surface area contributed by atoms with E-state index in [9.17, 15) is 14.4 Å². The highest BCUT2D eigenvalue weighted by atomic mass is 16.5. The number of aliphatic imine (C=N–C) groups is 1. The van der Waals surface area contributed by atoms with E-state index in [-0.39, 0.29) is 52.6 Å². The number of ketones is 1. The lowest BCUT2D eigenvalue weighted by atomic mass is 9.47. The maximum atomic E-state index is 13.0. The number of esters is 2. The summed E-state index contributed by atoms with van der Waals surface area (Å²) in [6, 6.07) is 0. The van der Waals surface area contributed by atoms with E-state index in [1.807, 2.05) is 0 Å². The van der Waals surface area contributed by atoms with Crippen molar-refractivity contribution < 1.29 is 23.9 Å². The number of fused-ring (bicyclic) bond motifs is 5. The molecule has 10 atom stereocenters. The summed E-state index contributed by atoms with van der Waals surface area (Å²) in [5.74, 6) is 1.73. The largest absolute Gasteiger partial charge is 0.462 e. The Bertz CT molecular complexity index is 1030. The number of allylic oxidation sites excluding steroid dienone is 1. The van der Waals surface area contributed by atoms with Crippen LogP contribution in [0.15, 0.2) is 16.6 Å². The summed E-state index contributed by atoms with van der Waals surface area (Å²) in [5.41, 5.74) is 2.35. The lowest BCUT2D eigenvalue weighted by molar-refractivity contribution is -0.150. The standard InChI is InChI=1S/C31H45NO5/c1-17-13-26(35)29(32-16-17)18(2)28-27(37-20(4)34)15-25-23-8-7-21-14-22(36-19(3)33)9-11-30(21,5)24(23)10-12-31(25,28)6/h7,17-18,22-25,27-28H,8-16H2,1-6H3/t17-,18+,22+,23-,24+,25+,27+,28+,30+,31+/m1/s1. The van der Waals surface area contributed by atoms with Crippen LogP contribution >= 0.6 is 0 Å². The molecule has 1 aliphatic heterocycles. The molecule has 3 fully saturated rings. The predicted octanol–water partition coefficient (Wildman–Crippen LogP) is 5.72. The Balaban J connectivity index is 1.44. The number of Topliss-reactive ketones (excluding diaryl/α,β-unsaturated/α-hetero) is 1. The third kappa shape index (κ3) is 4.50. The fourth-order valence-electron chi connectivity index (χ4n) is 9.61. The quantitative estimate of drug-likeness (QED) is 0.356. The molecule has 5 aliphatic rings. The Morgan fingerprint density at radius 2 is 1.78 bits per heavy atom. The molecule has 37 heavy (non-hydrogen) atoms. The van der Waals surface area contributed by atoms with Crippen LogP contribution in [-0.4, -0.2) is 42.2 Å². The van der Waals surface area contributed by atoms with Gasteiger partial charge in [-0.15, -0.1) is 0 Å². The Morgan fingerprint density at radius 3 is 2.46 bits per heavy atom. The van der Waals surface area contributed by atoms with Crippen LogP contribution in [0.3, 0.4) is 0 Å². The maximum absolute atomic E-state index is 13.0. The van der Waals surface area contributed by atoms with Gasteiger partial charge >= 0.3 is 11.9 Å². The summed E-state index contributed by atoms with van der Waals surface area (Å²) in [6.07, 6.45) is 9.84. The van der Waals surface area contributed by atoms with E-state index in [0.717, 1.165) is 50.7 Å². The smallest absolute Gasteiger partial charge is 0.302 e. The van der Waals surface area contributed by atoms with Gasteiger partial charge < -0.3 is 9.47 Å². The summed E-state index contributed by atoms with van der Waals surface area (Å²) >= 11 is 0. The highest BCUT2D eigenvalue weighted by Gasteiger charge is 2.63. The molecule has 0 aromatic rings. The van der Waals surface area contributed by atoms with Gasteiger partial charge in [-0.25, -0.2) is 0 Å².